The van der Waals surface area contributed by atoms with E-state index in [0.29, 0.717) is 29.9 Å². The average Bonchev–Trinajstić information content (AvgIpc) is 3.22. The fourth-order valence-electron chi connectivity index (χ4n) is 2.84. The van der Waals surface area contributed by atoms with Crippen LogP contribution in [0, 0.1) is 0 Å². The lowest BCUT2D eigenvalue weighted by atomic mass is 10.2. The molecule has 0 N–H and O–H groups in total. The molecule has 130 valence electrons. The Labute approximate surface area is 145 Å². The highest BCUT2D eigenvalue weighted by molar-refractivity contribution is 5.95. The molecule has 0 aliphatic heterocycles. The highest BCUT2D eigenvalue weighted by Crippen LogP contribution is 2.22. The molecule has 6 heteroatoms. The number of fused-ring (bicyclic) bond motifs is 1. The summed E-state index contributed by atoms with van der Waals surface area (Å²) in [5.74, 6) is -0.569. The van der Waals surface area contributed by atoms with E-state index in [0.717, 1.165) is 5.56 Å². The molecule has 25 heavy (non-hydrogen) atoms. The largest absolute Gasteiger partial charge is 0.464 e. The lowest BCUT2D eigenvalue weighted by Crippen LogP contribution is -2.33. The molecule has 3 aromatic rings. The summed E-state index contributed by atoms with van der Waals surface area (Å²) < 4.78 is 11.8. The highest BCUT2D eigenvalue weighted by atomic mass is 16.5. The van der Waals surface area contributed by atoms with Gasteiger partial charge in [-0.05, 0) is 12.5 Å². The van der Waals surface area contributed by atoms with Crippen LogP contribution >= 0.6 is 0 Å². The van der Waals surface area contributed by atoms with Crippen LogP contribution in [-0.2, 0) is 22.6 Å². The van der Waals surface area contributed by atoms with Crippen molar-refractivity contribution in [1.82, 2.24) is 9.47 Å². The number of amides is 1. The van der Waals surface area contributed by atoms with Gasteiger partial charge in [-0.1, -0.05) is 30.3 Å². The molecule has 0 atom stereocenters. The molecule has 2 heterocycles. The number of furan rings is 1. The summed E-state index contributed by atoms with van der Waals surface area (Å²) in [6.45, 7) is 3.09. The first kappa shape index (κ1) is 16.8. The van der Waals surface area contributed by atoms with E-state index in [1.165, 1.54) is 13.4 Å². The number of hydrogen-bond acceptors (Lipinski definition) is 4. The zero-order chi connectivity index (χ0) is 17.8. The van der Waals surface area contributed by atoms with E-state index in [1.54, 1.807) is 21.6 Å². The number of aromatic nitrogens is 1. The van der Waals surface area contributed by atoms with Crippen LogP contribution in [0.5, 0.6) is 0 Å². The van der Waals surface area contributed by atoms with Crippen LogP contribution in [0.25, 0.3) is 11.1 Å². The molecular formula is C19H20N2O4. The molecule has 0 bridgehead atoms. The third-order valence-electron chi connectivity index (χ3n) is 4.16. The molecule has 0 radical (unpaired) electrons. The molecule has 1 aromatic carbocycles. The zero-order valence-electron chi connectivity index (χ0n) is 14.3. The smallest absolute Gasteiger partial charge is 0.354 e. The molecule has 2 aromatic heterocycles. The summed E-state index contributed by atoms with van der Waals surface area (Å²) in [7, 11) is 1.32. The van der Waals surface area contributed by atoms with Crippen molar-refractivity contribution >= 4 is 23.0 Å². The van der Waals surface area contributed by atoms with E-state index in [-0.39, 0.29) is 12.5 Å². The second kappa shape index (κ2) is 7.25. The number of likely N-dealkylation sites (N-methyl/N-ethyl adjacent to an activating group) is 1. The van der Waals surface area contributed by atoms with Gasteiger partial charge in [0.05, 0.1) is 18.9 Å². The molecule has 0 aliphatic rings. The standard InChI is InChI=1S/C19H20N2O4/c1-3-20(12-14-7-5-4-6-8-14)18(22)13-21-15-9-10-25-17(15)11-16(21)19(23)24-2/h4-11H,3,12-13H2,1-2H3. The predicted molar refractivity (Wildman–Crippen MR) is 93.1 cm³/mol. The van der Waals surface area contributed by atoms with Crippen molar-refractivity contribution in [3.05, 3.63) is 60.0 Å². The van der Waals surface area contributed by atoms with E-state index in [4.69, 9.17) is 9.15 Å². The average molecular weight is 340 g/mol. The van der Waals surface area contributed by atoms with Crippen LogP contribution < -0.4 is 0 Å². The summed E-state index contributed by atoms with van der Waals surface area (Å²) >= 11 is 0. The van der Waals surface area contributed by atoms with Crippen LogP contribution in [0.3, 0.4) is 0 Å². The van der Waals surface area contributed by atoms with Gasteiger partial charge < -0.3 is 18.6 Å². The Kier molecular flexibility index (Phi) is 4.88. The van der Waals surface area contributed by atoms with Gasteiger partial charge in [0.15, 0.2) is 5.58 Å². The van der Waals surface area contributed by atoms with Crippen LogP contribution in [0.15, 0.2) is 53.1 Å². The monoisotopic (exact) mass is 340 g/mol. The van der Waals surface area contributed by atoms with Crippen molar-refractivity contribution in [3.8, 4) is 0 Å². The Balaban J connectivity index is 1.85. The first-order valence-corrected chi connectivity index (χ1v) is 8.10. The number of hydrogen-bond donors (Lipinski definition) is 0. The van der Waals surface area contributed by atoms with Gasteiger partial charge in [0.2, 0.25) is 5.91 Å². The molecule has 6 nitrogen and oxygen atoms in total. The molecule has 0 saturated heterocycles. The third-order valence-corrected chi connectivity index (χ3v) is 4.16. The number of carbonyl (C=O) groups is 2. The van der Waals surface area contributed by atoms with Gasteiger partial charge in [-0.25, -0.2) is 4.79 Å². The molecule has 0 unspecified atom stereocenters. The molecule has 3 rings (SSSR count). The Hall–Kier alpha value is -3.02. The van der Waals surface area contributed by atoms with Crippen molar-refractivity contribution in [2.24, 2.45) is 0 Å². The van der Waals surface area contributed by atoms with Crippen LogP contribution in [0.2, 0.25) is 0 Å². The number of carbonyl (C=O) groups excluding carboxylic acids is 2. The van der Waals surface area contributed by atoms with Gasteiger partial charge >= 0.3 is 5.97 Å². The van der Waals surface area contributed by atoms with Gasteiger partial charge in [0.25, 0.3) is 0 Å². The van der Waals surface area contributed by atoms with Crippen molar-refractivity contribution in [2.45, 2.75) is 20.0 Å². The summed E-state index contributed by atoms with van der Waals surface area (Å²) in [6.07, 6.45) is 1.54. The van der Waals surface area contributed by atoms with E-state index in [2.05, 4.69) is 0 Å². The number of benzene rings is 1. The minimum Gasteiger partial charge on any atom is -0.464 e. The molecule has 0 aliphatic carbocycles. The summed E-state index contributed by atoms with van der Waals surface area (Å²) in [5, 5.41) is 0. The van der Waals surface area contributed by atoms with Crippen LogP contribution in [-0.4, -0.2) is 35.0 Å². The summed E-state index contributed by atoms with van der Waals surface area (Å²) in [5.41, 5.74) is 2.62. The fraction of sp³-hybridized carbons (Fsp3) is 0.263. The molecule has 0 fully saturated rings. The van der Waals surface area contributed by atoms with E-state index < -0.39 is 5.97 Å². The second-order valence-electron chi connectivity index (χ2n) is 5.67. The van der Waals surface area contributed by atoms with Crippen LogP contribution in [0.1, 0.15) is 23.0 Å². The van der Waals surface area contributed by atoms with Gasteiger partial charge in [0.1, 0.15) is 12.2 Å². The normalized spacial score (nSPS) is 10.8. The van der Waals surface area contributed by atoms with E-state index in [1.807, 2.05) is 37.3 Å². The second-order valence-corrected chi connectivity index (χ2v) is 5.67. The molecule has 0 spiro atoms. The quantitative estimate of drug-likeness (QED) is 0.647. The van der Waals surface area contributed by atoms with Crippen molar-refractivity contribution in [1.29, 1.82) is 0 Å². The first-order valence-electron chi connectivity index (χ1n) is 8.10. The van der Waals surface area contributed by atoms with Gasteiger partial charge in [0, 0.05) is 25.2 Å². The Bertz CT molecular complexity index is 879. The van der Waals surface area contributed by atoms with E-state index in [9.17, 15) is 9.59 Å². The minimum atomic E-state index is -0.495. The number of ether oxygens (including phenoxy) is 1. The minimum absolute atomic E-state index is 0.0497. The van der Waals surface area contributed by atoms with Crippen molar-refractivity contribution in [2.75, 3.05) is 13.7 Å². The predicted octanol–water partition coefficient (Wildman–Crippen LogP) is 3.07. The maximum atomic E-state index is 12.8. The van der Waals surface area contributed by atoms with Crippen molar-refractivity contribution < 1.29 is 18.7 Å². The SMILES string of the molecule is CCN(Cc1ccccc1)C(=O)Cn1c(C(=O)OC)cc2occc21. The molecule has 1 amide bonds. The number of rotatable bonds is 6. The highest BCUT2D eigenvalue weighted by Gasteiger charge is 2.21. The third kappa shape index (κ3) is 3.42. The Morgan fingerprint density at radius 3 is 2.64 bits per heavy atom. The summed E-state index contributed by atoms with van der Waals surface area (Å²) in [6, 6.07) is 13.2. The zero-order valence-corrected chi connectivity index (χ0v) is 14.3. The first-order chi connectivity index (χ1) is 12.1. The maximum Gasteiger partial charge on any atom is 0.354 e. The van der Waals surface area contributed by atoms with E-state index >= 15 is 0 Å². The van der Waals surface area contributed by atoms with Gasteiger partial charge in [-0.3, -0.25) is 4.79 Å². The van der Waals surface area contributed by atoms with Gasteiger partial charge in [-0.15, -0.1) is 0 Å². The number of nitrogens with zero attached hydrogens (tertiary/aromatic N) is 2. The molecule has 0 saturated carbocycles. The lowest BCUT2D eigenvalue weighted by Gasteiger charge is -2.22. The number of methoxy groups -OCH3 is 1. The van der Waals surface area contributed by atoms with Crippen molar-refractivity contribution in [3.63, 3.8) is 0 Å². The Morgan fingerprint density at radius 1 is 1.20 bits per heavy atom. The van der Waals surface area contributed by atoms with Crippen LogP contribution in [0.4, 0.5) is 0 Å². The lowest BCUT2D eigenvalue weighted by molar-refractivity contribution is -0.132. The number of esters is 1. The van der Waals surface area contributed by atoms with Gasteiger partial charge in [-0.2, -0.15) is 0 Å². The maximum absolute atomic E-state index is 12.8. The Morgan fingerprint density at radius 2 is 1.96 bits per heavy atom. The molecular weight excluding hydrogens is 320 g/mol. The topological polar surface area (TPSA) is 64.7 Å². The summed E-state index contributed by atoms with van der Waals surface area (Å²) in [4.78, 5) is 26.6. The fourth-order valence-corrected chi connectivity index (χ4v) is 2.84.